The molecule has 2 unspecified atom stereocenters. The smallest absolute Gasteiger partial charge is 0.127 e. The van der Waals surface area contributed by atoms with Gasteiger partial charge in [0, 0.05) is 23.6 Å². The lowest BCUT2D eigenvalue weighted by molar-refractivity contribution is -0.135. The fourth-order valence-electron chi connectivity index (χ4n) is 2.35. The van der Waals surface area contributed by atoms with Crippen molar-refractivity contribution in [1.82, 2.24) is 0 Å². The van der Waals surface area contributed by atoms with Crippen molar-refractivity contribution >= 4 is 11.6 Å². The Hall–Kier alpha value is -0.640. The van der Waals surface area contributed by atoms with Crippen LogP contribution >= 0.6 is 11.6 Å². The highest BCUT2D eigenvalue weighted by Crippen LogP contribution is 2.31. The molecule has 1 saturated heterocycles. The van der Waals surface area contributed by atoms with E-state index in [0.717, 1.165) is 19.3 Å². The number of benzene rings is 1. The van der Waals surface area contributed by atoms with Crippen molar-refractivity contribution in [3.05, 3.63) is 34.6 Å². The highest BCUT2D eigenvalue weighted by atomic mass is 35.5. The third-order valence-corrected chi connectivity index (χ3v) is 4.02. The van der Waals surface area contributed by atoms with Gasteiger partial charge in [0.05, 0.1) is 11.7 Å². The maximum atomic E-state index is 13.7. The second kappa shape index (κ2) is 5.55. The summed E-state index contributed by atoms with van der Waals surface area (Å²) in [6.07, 6.45) is 2.27. The molecule has 0 saturated carbocycles. The first-order valence-corrected chi connectivity index (χ1v) is 6.65. The van der Waals surface area contributed by atoms with Crippen LogP contribution in [0.4, 0.5) is 4.39 Å². The van der Waals surface area contributed by atoms with E-state index in [9.17, 15) is 9.50 Å². The third-order valence-electron chi connectivity index (χ3n) is 3.66. The van der Waals surface area contributed by atoms with Crippen molar-refractivity contribution < 1.29 is 14.2 Å². The first kappa shape index (κ1) is 13.8. The van der Waals surface area contributed by atoms with Gasteiger partial charge < -0.3 is 9.84 Å². The molecule has 0 amide bonds. The van der Waals surface area contributed by atoms with Gasteiger partial charge in [-0.2, -0.15) is 0 Å². The van der Waals surface area contributed by atoms with Crippen LogP contribution in [0.15, 0.2) is 18.2 Å². The zero-order valence-corrected chi connectivity index (χ0v) is 11.2. The molecule has 1 aliphatic rings. The largest absolute Gasteiger partial charge is 0.390 e. The van der Waals surface area contributed by atoms with Gasteiger partial charge in [-0.3, -0.25) is 0 Å². The number of ether oxygens (including phenoxy) is 1. The quantitative estimate of drug-likeness (QED) is 0.914. The van der Waals surface area contributed by atoms with Crippen molar-refractivity contribution in [3.8, 4) is 0 Å². The molecule has 0 spiro atoms. The van der Waals surface area contributed by atoms with Gasteiger partial charge in [0.1, 0.15) is 5.82 Å². The van der Waals surface area contributed by atoms with Crippen molar-refractivity contribution in [2.75, 3.05) is 6.61 Å². The molecule has 4 heteroatoms. The van der Waals surface area contributed by atoms with Gasteiger partial charge in [-0.25, -0.2) is 4.39 Å². The Morgan fingerprint density at radius 3 is 2.89 bits per heavy atom. The van der Waals surface area contributed by atoms with Crippen molar-refractivity contribution in [2.24, 2.45) is 0 Å². The van der Waals surface area contributed by atoms with E-state index < -0.39 is 11.7 Å². The number of rotatable bonds is 3. The minimum absolute atomic E-state index is 0.183. The molecule has 2 rings (SSSR count). The number of hydrogen-bond donors (Lipinski definition) is 1. The van der Waals surface area contributed by atoms with E-state index in [1.54, 1.807) is 12.1 Å². The van der Waals surface area contributed by atoms with E-state index in [0.29, 0.717) is 17.2 Å². The summed E-state index contributed by atoms with van der Waals surface area (Å²) in [7, 11) is 0. The third kappa shape index (κ3) is 2.85. The SMILES string of the molecule is CC1(C(O)Cc2c(F)cccc2Cl)CCCCO1. The van der Waals surface area contributed by atoms with Gasteiger partial charge in [0.25, 0.3) is 0 Å². The molecule has 2 nitrogen and oxygen atoms in total. The lowest BCUT2D eigenvalue weighted by atomic mass is 9.86. The average molecular weight is 273 g/mol. The molecule has 0 bridgehead atoms. The van der Waals surface area contributed by atoms with Crippen LogP contribution in [0.3, 0.4) is 0 Å². The normalized spacial score (nSPS) is 26.0. The topological polar surface area (TPSA) is 29.5 Å². The van der Waals surface area contributed by atoms with Gasteiger partial charge in [-0.1, -0.05) is 17.7 Å². The average Bonchev–Trinajstić information content (AvgIpc) is 2.34. The van der Waals surface area contributed by atoms with E-state index in [2.05, 4.69) is 0 Å². The second-order valence-electron chi connectivity index (χ2n) is 5.04. The molecule has 1 aromatic carbocycles. The van der Waals surface area contributed by atoms with E-state index >= 15 is 0 Å². The molecule has 0 aromatic heterocycles. The van der Waals surface area contributed by atoms with E-state index in [1.807, 2.05) is 6.92 Å². The Balaban J connectivity index is 2.13. The van der Waals surface area contributed by atoms with E-state index in [-0.39, 0.29) is 12.2 Å². The van der Waals surface area contributed by atoms with Gasteiger partial charge >= 0.3 is 0 Å². The molecule has 1 aromatic rings. The van der Waals surface area contributed by atoms with Crippen molar-refractivity contribution in [2.45, 2.75) is 44.3 Å². The number of aliphatic hydroxyl groups is 1. The number of aliphatic hydroxyl groups excluding tert-OH is 1. The Bertz CT molecular complexity index is 396. The molecule has 100 valence electrons. The Kier molecular flexibility index (Phi) is 4.25. The maximum Gasteiger partial charge on any atom is 0.127 e. The predicted octanol–water partition coefficient (Wildman–Crippen LogP) is 3.34. The molecule has 1 fully saturated rings. The lowest BCUT2D eigenvalue weighted by Crippen LogP contribution is -2.45. The van der Waals surface area contributed by atoms with Crippen molar-refractivity contribution in [3.63, 3.8) is 0 Å². The first-order valence-electron chi connectivity index (χ1n) is 6.28. The van der Waals surface area contributed by atoms with Crippen LogP contribution in [-0.2, 0) is 11.2 Å². The maximum absolute atomic E-state index is 13.7. The highest BCUT2D eigenvalue weighted by Gasteiger charge is 2.36. The molecule has 0 radical (unpaired) electrons. The van der Waals surface area contributed by atoms with Crippen LogP contribution in [0.25, 0.3) is 0 Å². The van der Waals surface area contributed by atoms with Crippen LogP contribution in [0.2, 0.25) is 5.02 Å². The van der Waals surface area contributed by atoms with E-state index in [1.165, 1.54) is 6.07 Å². The Labute approximate surface area is 112 Å². The van der Waals surface area contributed by atoms with Gasteiger partial charge in [0.2, 0.25) is 0 Å². The van der Waals surface area contributed by atoms with Crippen molar-refractivity contribution in [1.29, 1.82) is 0 Å². The molecular formula is C14H18ClFO2. The summed E-state index contributed by atoms with van der Waals surface area (Å²) in [4.78, 5) is 0. The van der Waals surface area contributed by atoms with Gasteiger partial charge in [-0.05, 0) is 38.3 Å². The fraction of sp³-hybridized carbons (Fsp3) is 0.571. The minimum atomic E-state index is -0.743. The fourth-order valence-corrected chi connectivity index (χ4v) is 2.60. The summed E-state index contributed by atoms with van der Waals surface area (Å²) in [6, 6.07) is 4.56. The Morgan fingerprint density at radius 2 is 2.28 bits per heavy atom. The first-order chi connectivity index (χ1) is 8.53. The molecule has 2 atom stereocenters. The lowest BCUT2D eigenvalue weighted by Gasteiger charge is -2.38. The van der Waals surface area contributed by atoms with Gasteiger partial charge in [0.15, 0.2) is 0 Å². The monoisotopic (exact) mass is 272 g/mol. The zero-order valence-electron chi connectivity index (χ0n) is 10.5. The summed E-state index contributed by atoms with van der Waals surface area (Å²) < 4.78 is 19.3. The van der Waals surface area contributed by atoms with Gasteiger partial charge in [-0.15, -0.1) is 0 Å². The molecule has 1 aliphatic heterocycles. The Morgan fingerprint density at radius 1 is 1.50 bits per heavy atom. The molecule has 1 N–H and O–H groups in total. The summed E-state index contributed by atoms with van der Waals surface area (Å²) in [5, 5.41) is 10.6. The van der Waals surface area contributed by atoms with Crippen LogP contribution in [-0.4, -0.2) is 23.4 Å². The summed E-state index contributed by atoms with van der Waals surface area (Å²) in [6.45, 7) is 2.53. The van der Waals surface area contributed by atoms with Crippen LogP contribution in [0, 0.1) is 5.82 Å². The highest BCUT2D eigenvalue weighted by molar-refractivity contribution is 6.31. The zero-order chi connectivity index (χ0) is 13.2. The molecular weight excluding hydrogens is 255 g/mol. The number of halogens is 2. The number of hydrogen-bond acceptors (Lipinski definition) is 2. The summed E-state index contributed by atoms with van der Waals surface area (Å²) >= 11 is 5.97. The molecule has 18 heavy (non-hydrogen) atoms. The minimum Gasteiger partial charge on any atom is -0.390 e. The molecule has 1 heterocycles. The van der Waals surface area contributed by atoms with Crippen LogP contribution in [0.5, 0.6) is 0 Å². The summed E-state index contributed by atoms with van der Waals surface area (Å²) in [5.41, 5.74) is -0.230. The second-order valence-corrected chi connectivity index (χ2v) is 5.45. The van der Waals surface area contributed by atoms with Crippen LogP contribution < -0.4 is 0 Å². The van der Waals surface area contributed by atoms with Crippen LogP contribution in [0.1, 0.15) is 31.7 Å². The van der Waals surface area contributed by atoms with E-state index in [4.69, 9.17) is 16.3 Å². The molecule has 0 aliphatic carbocycles. The standard InChI is InChI=1S/C14H18ClFO2/c1-14(7-2-3-8-18-14)13(17)9-10-11(15)5-4-6-12(10)16/h4-6,13,17H,2-3,7-9H2,1H3. The summed E-state index contributed by atoms with van der Waals surface area (Å²) in [5.74, 6) is -0.374. The predicted molar refractivity (Wildman–Crippen MR) is 69.3 cm³/mol.